The SMILES string of the molecule is CC(=O)c1c(C)cc(C)c(CN2C(=O)NC(C)(c3ccco3)C2=O)c1C. The lowest BCUT2D eigenvalue weighted by Gasteiger charge is -2.21. The van der Waals surface area contributed by atoms with Crippen LogP contribution in [-0.4, -0.2) is 22.6 Å². The molecule has 1 unspecified atom stereocenters. The van der Waals surface area contributed by atoms with Gasteiger partial charge in [0.05, 0.1) is 12.8 Å². The number of furan rings is 1. The molecule has 0 saturated carbocycles. The predicted octanol–water partition coefficient (Wildman–Crippen LogP) is 3.37. The maximum absolute atomic E-state index is 13.0. The average molecular weight is 354 g/mol. The molecule has 0 aliphatic carbocycles. The Morgan fingerprint density at radius 2 is 1.92 bits per heavy atom. The molecule has 1 atom stereocenters. The number of nitrogens with zero attached hydrogens (tertiary/aromatic N) is 1. The van der Waals surface area contributed by atoms with E-state index in [1.165, 1.54) is 18.1 Å². The smallest absolute Gasteiger partial charge is 0.325 e. The van der Waals surface area contributed by atoms with Gasteiger partial charge in [0, 0.05) is 5.56 Å². The fraction of sp³-hybridized carbons (Fsp3) is 0.350. The first-order valence-electron chi connectivity index (χ1n) is 8.45. The molecule has 2 heterocycles. The molecule has 3 amide bonds. The zero-order valence-corrected chi connectivity index (χ0v) is 15.6. The van der Waals surface area contributed by atoms with Crippen molar-refractivity contribution in [3.63, 3.8) is 0 Å². The molecule has 1 aromatic carbocycles. The molecule has 1 aromatic heterocycles. The van der Waals surface area contributed by atoms with Crippen LogP contribution in [0.5, 0.6) is 0 Å². The van der Waals surface area contributed by atoms with Crippen LogP contribution >= 0.6 is 0 Å². The minimum atomic E-state index is -1.23. The lowest BCUT2D eigenvalue weighted by atomic mass is 9.91. The van der Waals surface area contributed by atoms with Gasteiger partial charge in [0.2, 0.25) is 0 Å². The molecule has 26 heavy (non-hydrogen) atoms. The van der Waals surface area contributed by atoms with Gasteiger partial charge in [0.15, 0.2) is 11.3 Å². The zero-order chi connectivity index (χ0) is 19.2. The number of imide groups is 1. The van der Waals surface area contributed by atoms with Crippen LogP contribution in [0.2, 0.25) is 0 Å². The number of Topliss-reactive ketones (excluding diaryl/α,β-unsaturated/α-hetero) is 1. The lowest BCUT2D eigenvalue weighted by Crippen LogP contribution is -2.40. The summed E-state index contributed by atoms with van der Waals surface area (Å²) in [6, 6.07) is 4.79. The van der Waals surface area contributed by atoms with E-state index in [0.29, 0.717) is 11.3 Å². The summed E-state index contributed by atoms with van der Waals surface area (Å²) >= 11 is 0. The van der Waals surface area contributed by atoms with Crippen molar-refractivity contribution in [2.75, 3.05) is 0 Å². The normalized spacial score (nSPS) is 19.8. The van der Waals surface area contributed by atoms with E-state index in [4.69, 9.17) is 4.42 Å². The summed E-state index contributed by atoms with van der Waals surface area (Å²) in [5.74, 6) is -0.0137. The van der Waals surface area contributed by atoms with Gasteiger partial charge in [0.25, 0.3) is 5.91 Å². The highest BCUT2D eigenvalue weighted by Gasteiger charge is 2.51. The first-order chi connectivity index (χ1) is 12.2. The number of carbonyl (C=O) groups excluding carboxylic acids is 3. The van der Waals surface area contributed by atoms with Crippen LogP contribution in [0.25, 0.3) is 0 Å². The van der Waals surface area contributed by atoms with Gasteiger partial charge in [-0.2, -0.15) is 0 Å². The lowest BCUT2D eigenvalue weighted by molar-refractivity contribution is -0.132. The van der Waals surface area contributed by atoms with E-state index in [2.05, 4.69) is 5.32 Å². The van der Waals surface area contributed by atoms with Crippen molar-refractivity contribution >= 4 is 17.7 Å². The second kappa shape index (κ2) is 6.12. The summed E-state index contributed by atoms with van der Waals surface area (Å²) < 4.78 is 5.34. The third-order valence-corrected chi connectivity index (χ3v) is 5.09. The quantitative estimate of drug-likeness (QED) is 0.674. The Hall–Kier alpha value is -2.89. The van der Waals surface area contributed by atoms with Crippen LogP contribution in [0.4, 0.5) is 4.79 Å². The molecule has 0 radical (unpaired) electrons. The number of hydrogen-bond acceptors (Lipinski definition) is 4. The van der Waals surface area contributed by atoms with Gasteiger partial charge in [-0.15, -0.1) is 0 Å². The summed E-state index contributed by atoms with van der Waals surface area (Å²) in [4.78, 5) is 38.6. The van der Waals surface area contributed by atoms with Crippen molar-refractivity contribution in [1.29, 1.82) is 0 Å². The predicted molar refractivity (Wildman–Crippen MR) is 95.8 cm³/mol. The summed E-state index contributed by atoms with van der Waals surface area (Å²) in [5, 5.41) is 2.72. The summed E-state index contributed by atoms with van der Waals surface area (Å²) in [5.41, 5.74) is 2.88. The number of nitrogens with one attached hydrogen (secondary N) is 1. The van der Waals surface area contributed by atoms with E-state index in [1.807, 2.05) is 26.8 Å². The zero-order valence-electron chi connectivity index (χ0n) is 15.6. The van der Waals surface area contributed by atoms with Gasteiger partial charge in [0.1, 0.15) is 5.76 Å². The van der Waals surface area contributed by atoms with Gasteiger partial charge in [-0.05, 0) is 69.0 Å². The number of amides is 3. The summed E-state index contributed by atoms with van der Waals surface area (Å²) in [6.45, 7) is 8.93. The van der Waals surface area contributed by atoms with E-state index in [-0.39, 0.29) is 18.2 Å². The monoisotopic (exact) mass is 354 g/mol. The standard InChI is InChI=1S/C20H22N2O4/c1-11-9-12(2)17(14(4)23)13(3)15(11)10-22-18(24)20(5,21-19(22)25)16-7-6-8-26-16/h6-9H,10H2,1-5H3,(H,21,25). The molecule has 6 heteroatoms. The molecule has 1 saturated heterocycles. The van der Waals surface area contributed by atoms with Crippen LogP contribution < -0.4 is 5.32 Å². The van der Waals surface area contributed by atoms with E-state index >= 15 is 0 Å². The Labute approximate surface area is 152 Å². The van der Waals surface area contributed by atoms with Crippen molar-refractivity contribution in [2.24, 2.45) is 0 Å². The fourth-order valence-corrected chi connectivity index (χ4v) is 3.74. The topological polar surface area (TPSA) is 79.6 Å². The minimum Gasteiger partial charge on any atom is -0.466 e. The Morgan fingerprint density at radius 3 is 2.50 bits per heavy atom. The van der Waals surface area contributed by atoms with Gasteiger partial charge < -0.3 is 9.73 Å². The number of aryl methyl sites for hydroxylation is 2. The Morgan fingerprint density at radius 1 is 1.23 bits per heavy atom. The molecular formula is C20H22N2O4. The molecular weight excluding hydrogens is 332 g/mol. The second-order valence-corrected chi connectivity index (χ2v) is 6.97. The van der Waals surface area contributed by atoms with Crippen molar-refractivity contribution in [3.05, 3.63) is 58.0 Å². The van der Waals surface area contributed by atoms with Crippen LogP contribution in [0, 0.1) is 20.8 Å². The minimum absolute atomic E-state index is 0.0288. The Bertz CT molecular complexity index is 914. The number of benzene rings is 1. The first kappa shape index (κ1) is 17.9. The Balaban J connectivity index is 2.00. The largest absolute Gasteiger partial charge is 0.466 e. The van der Waals surface area contributed by atoms with Crippen molar-refractivity contribution in [2.45, 2.75) is 46.7 Å². The molecule has 136 valence electrons. The third-order valence-electron chi connectivity index (χ3n) is 5.09. The molecule has 1 N–H and O–H groups in total. The molecule has 1 fully saturated rings. The number of urea groups is 1. The number of carbonyl (C=O) groups is 3. The first-order valence-corrected chi connectivity index (χ1v) is 8.45. The van der Waals surface area contributed by atoms with Crippen molar-refractivity contribution in [3.8, 4) is 0 Å². The average Bonchev–Trinajstić information content (AvgIpc) is 3.14. The van der Waals surface area contributed by atoms with Crippen molar-refractivity contribution < 1.29 is 18.8 Å². The fourth-order valence-electron chi connectivity index (χ4n) is 3.74. The highest BCUT2D eigenvalue weighted by molar-refractivity contribution is 6.07. The molecule has 0 bridgehead atoms. The van der Waals surface area contributed by atoms with E-state index in [9.17, 15) is 14.4 Å². The maximum atomic E-state index is 13.0. The van der Waals surface area contributed by atoms with Gasteiger partial charge in [-0.1, -0.05) is 6.07 Å². The van der Waals surface area contributed by atoms with Crippen LogP contribution in [0.3, 0.4) is 0 Å². The van der Waals surface area contributed by atoms with Gasteiger partial charge in [-0.3, -0.25) is 14.5 Å². The molecule has 0 spiro atoms. The van der Waals surface area contributed by atoms with Gasteiger partial charge in [-0.25, -0.2) is 4.79 Å². The number of ketones is 1. The molecule has 1 aliphatic rings. The van der Waals surface area contributed by atoms with Crippen molar-refractivity contribution in [1.82, 2.24) is 10.2 Å². The summed E-state index contributed by atoms with van der Waals surface area (Å²) in [7, 11) is 0. The van der Waals surface area contributed by atoms with Crippen LogP contribution in [-0.2, 0) is 16.9 Å². The Kier molecular flexibility index (Phi) is 4.22. The number of hydrogen-bond donors (Lipinski definition) is 1. The van der Waals surface area contributed by atoms with E-state index in [0.717, 1.165) is 22.3 Å². The van der Waals surface area contributed by atoms with Crippen LogP contribution in [0.1, 0.15) is 52.2 Å². The van der Waals surface area contributed by atoms with Gasteiger partial charge >= 0.3 is 6.03 Å². The number of rotatable bonds is 4. The van der Waals surface area contributed by atoms with Crippen LogP contribution in [0.15, 0.2) is 28.9 Å². The highest BCUT2D eigenvalue weighted by atomic mass is 16.3. The molecule has 6 nitrogen and oxygen atoms in total. The highest BCUT2D eigenvalue weighted by Crippen LogP contribution is 2.32. The molecule has 1 aliphatic heterocycles. The molecule has 3 rings (SSSR count). The van der Waals surface area contributed by atoms with E-state index < -0.39 is 11.6 Å². The maximum Gasteiger partial charge on any atom is 0.325 e. The second-order valence-electron chi connectivity index (χ2n) is 6.97. The molecule has 2 aromatic rings. The summed E-state index contributed by atoms with van der Waals surface area (Å²) in [6.07, 6.45) is 1.47. The third kappa shape index (κ3) is 2.62. The van der Waals surface area contributed by atoms with E-state index in [1.54, 1.807) is 19.1 Å².